The molecule has 0 spiro atoms. The van der Waals surface area contributed by atoms with Gasteiger partial charge in [0.2, 0.25) is 5.91 Å². The van der Waals surface area contributed by atoms with Gasteiger partial charge >= 0.3 is 6.09 Å². The van der Waals surface area contributed by atoms with E-state index < -0.39 is 23.4 Å². The van der Waals surface area contributed by atoms with E-state index in [2.05, 4.69) is 10.6 Å². The lowest BCUT2D eigenvalue weighted by Crippen LogP contribution is -2.36. The molecule has 33 heavy (non-hydrogen) atoms. The Morgan fingerprint density at radius 3 is 2.45 bits per heavy atom. The van der Waals surface area contributed by atoms with Gasteiger partial charge in [0.1, 0.15) is 11.4 Å². The van der Waals surface area contributed by atoms with Gasteiger partial charge in [-0.15, -0.1) is 0 Å². The zero-order valence-electron chi connectivity index (χ0n) is 19.2. The van der Waals surface area contributed by atoms with E-state index in [1.54, 1.807) is 37.8 Å². The Kier molecular flexibility index (Phi) is 9.22. The third kappa shape index (κ3) is 8.38. The van der Waals surface area contributed by atoms with Gasteiger partial charge in [-0.3, -0.25) is 9.59 Å². The maximum absolute atomic E-state index is 13.1. The number of nitrogens with zero attached hydrogens (tertiary/aromatic N) is 1. The summed E-state index contributed by atoms with van der Waals surface area (Å²) in [7, 11) is 0. The van der Waals surface area contributed by atoms with Crippen molar-refractivity contribution >= 4 is 35.2 Å². The molecule has 0 heterocycles. The van der Waals surface area contributed by atoms with Gasteiger partial charge in [0, 0.05) is 25.2 Å². The smallest absolute Gasteiger partial charge is 0.410 e. The summed E-state index contributed by atoms with van der Waals surface area (Å²) in [5.74, 6) is -1.35. The molecule has 2 aromatic carbocycles. The fraction of sp³-hybridized carbons (Fsp3) is 0.375. The molecular formula is C24H29ClFN3O4. The number of ether oxygens (including phenoxy) is 1. The number of para-hydroxylation sites is 1. The van der Waals surface area contributed by atoms with Crippen LogP contribution >= 0.6 is 11.6 Å². The first kappa shape index (κ1) is 26.1. The van der Waals surface area contributed by atoms with Crippen molar-refractivity contribution in [3.05, 3.63) is 64.4 Å². The molecule has 0 fully saturated rings. The number of nitrogens with one attached hydrogen (secondary N) is 2. The minimum atomic E-state index is -0.610. The van der Waals surface area contributed by atoms with Crippen LogP contribution in [0.1, 0.15) is 50.0 Å². The molecule has 0 saturated carbocycles. The number of benzene rings is 2. The summed E-state index contributed by atoms with van der Waals surface area (Å²) in [5.41, 5.74) is 0.838. The monoisotopic (exact) mass is 477 g/mol. The Morgan fingerprint density at radius 2 is 1.82 bits per heavy atom. The number of rotatable bonds is 8. The maximum atomic E-state index is 13.1. The van der Waals surface area contributed by atoms with Gasteiger partial charge < -0.3 is 20.3 Å². The summed E-state index contributed by atoms with van der Waals surface area (Å²) in [5, 5.41) is 5.40. The number of carbonyl (C=O) groups excluding carboxylic acids is 3. The molecule has 0 atom stereocenters. The van der Waals surface area contributed by atoms with Gasteiger partial charge in [-0.2, -0.15) is 0 Å². The highest BCUT2D eigenvalue weighted by Crippen LogP contribution is 2.20. The van der Waals surface area contributed by atoms with E-state index in [-0.39, 0.29) is 36.0 Å². The molecule has 9 heteroatoms. The number of carbonyl (C=O) groups is 3. The lowest BCUT2D eigenvalue weighted by molar-refractivity contribution is -0.116. The Hall–Kier alpha value is -3.13. The van der Waals surface area contributed by atoms with E-state index in [4.69, 9.17) is 16.3 Å². The van der Waals surface area contributed by atoms with E-state index in [1.165, 1.54) is 6.07 Å². The predicted octanol–water partition coefficient (Wildman–Crippen LogP) is 4.99. The largest absolute Gasteiger partial charge is 0.444 e. The van der Waals surface area contributed by atoms with Gasteiger partial charge in [0.25, 0.3) is 5.91 Å². The Morgan fingerprint density at radius 1 is 1.12 bits per heavy atom. The quantitative estimate of drug-likeness (QED) is 0.560. The van der Waals surface area contributed by atoms with Gasteiger partial charge in [-0.25, -0.2) is 9.18 Å². The fourth-order valence-corrected chi connectivity index (χ4v) is 3.14. The SMILES string of the molecule is CCN(Cc1ccccc1NC(=O)CCNC(=O)c1ccc(F)cc1Cl)C(=O)OC(C)(C)C. The van der Waals surface area contributed by atoms with Crippen molar-refractivity contribution in [1.82, 2.24) is 10.2 Å². The van der Waals surface area contributed by atoms with Crippen LogP contribution in [0.3, 0.4) is 0 Å². The fourth-order valence-electron chi connectivity index (χ4n) is 2.89. The number of halogens is 2. The van der Waals surface area contributed by atoms with Crippen LogP contribution < -0.4 is 10.6 Å². The Labute approximate surface area is 198 Å². The molecular weight excluding hydrogens is 449 g/mol. The highest BCUT2D eigenvalue weighted by Gasteiger charge is 2.22. The molecule has 0 unspecified atom stereocenters. The molecule has 2 N–H and O–H groups in total. The van der Waals surface area contributed by atoms with Crippen molar-refractivity contribution < 1.29 is 23.5 Å². The summed E-state index contributed by atoms with van der Waals surface area (Å²) in [6, 6.07) is 10.6. The average Bonchev–Trinajstić information content (AvgIpc) is 2.71. The third-order valence-electron chi connectivity index (χ3n) is 4.50. The maximum Gasteiger partial charge on any atom is 0.410 e. The molecule has 0 radical (unpaired) electrons. The highest BCUT2D eigenvalue weighted by atomic mass is 35.5. The van der Waals surface area contributed by atoms with E-state index in [0.29, 0.717) is 12.2 Å². The average molecular weight is 478 g/mol. The lowest BCUT2D eigenvalue weighted by atomic mass is 10.1. The van der Waals surface area contributed by atoms with Crippen molar-refractivity contribution in [2.75, 3.05) is 18.4 Å². The lowest BCUT2D eigenvalue weighted by Gasteiger charge is -2.27. The summed E-state index contributed by atoms with van der Waals surface area (Å²) in [6.07, 6.45) is -0.420. The van der Waals surface area contributed by atoms with E-state index in [1.807, 2.05) is 19.1 Å². The van der Waals surface area contributed by atoms with Gasteiger partial charge in [0.05, 0.1) is 17.1 Å². The van der Waals surface area contributed by atoms with Crippen LogP contribution in [0.25, 0.3) is 0 Å². The number of anilines is 1. The van der Waals surface area contributed by atoms with Crippen LogP contribution in [-0.2, 0) is 16.1 Å². The van der Waals surface area contributed by atoms with Crippen molar-refractivity contribution in [3.63, 3.8) is 0 Å². The molecule has 0 aliphatic carbocycles. The van der Waals surface area contributed by atoms with Crippen molar-refractivity contribution in [1.29, 1.82) is 0 Å². The first-order valence-corrected chi connectivity index (χ1v) is 11.0. The van der Waals surface area contributed by atoms with Crippen molar-refractivity contribution in [2.45, 2.75) is 46.3 Å². The second-order valence-electron chi connectivity index (χ2n) is 8.33. The Balaban J connectivity index is 1.94. The molecule has 0 aliphatic rings. The molecule has 7 nitrogen and oxygen atoms in total. The number of amides is 3. The first-order valence-electron chi connectivity index (χ1n) is 10.6. The van der Waals surface area contributed by atoms with E-state index >= 15 is 0 Å². The van der Waals surface area contributed by atoms with Crippen LogP contribution in [0.15, 0.2) is 42.5 Å². The Bertz CT molecular complexity index is 1010. The second kappa shape index (κ2) is 11.7. The van der Waals surface area contributed by atoms with Gasteiger partial charge in [-0.1, -0.05) is 29.8 Å². The van der Waals surface area contributed by atoms with Crippen LogP contribution in [0, 0.1) is 5.82 Å². The van der Waals surface area contributed by atoms with Crippen LogP contribution in [0.4, 0.5) is 14.9 Å². The molecule has 0 aliphatic heterocycles. The summed E-state index contributed by atoms with van der Waals surface area (Å²) < 4.78 is 18.6. The van der Waals surface area contributed by atoms with Crippen LogP contribution in [0.2, 0.25) is 5.02 Å². The summed E-state index contributed by atoms with van der Waals surface area (Å²) >= 11 is 5.88. The number of hydrogen-bond donors (Lipinski definition) is 2. The predicted molar refractivity (Wildman–Crippen MR) is 126 cm³/mol. The molecule has 0 bridgehead atoms. The summed E-state index contributed by atoms with van der Waals surface area (Å²) in [4.78, 5) is 38.6. The van der Waals surface area contributed by atoms with Gasteiger partial charge in [-0.05, 0) is 57.5 Å². The van der Waals surface area contributed by atoms with Crippen LogP contribution in [-0.4, -0.2) is 41.5 Å². The van der Waals surface area contributed by atoms with E-state index in [0.717, 1.165) is 17.7 Å². The van der Waals surface area contributed by atoms with Crippen LogP contribution in [0.5, 0.6) is 0 Å². The third-order valence-corrected chi connectivity index (χ3v) is 4.81. The van der Waals surface area contributed by atoms with E-state index in [9.17, 15) is 18.8 Å². The van der Waals surface area contributed by atoms with Crippen molar-refractivity contribution in [2.24, 2.45) is 0 Å². The molecule has 0 saturated heterocycles. The molecule has 2 aromatic rings. The zero-order valence-corrected chi connectivity index (χ0v) is 20.0. The molecule has 3 amide bonds. The summed E-state index contributed by atoms with van der Waals surface area (Å²) in [6.45, 7) is 8.03. The minimum Gasteiger partial charge on any atom is -0.444 e. The topological polar surface area (TPSA) is 87.7 Å². The second-order valence-corrected chi connectivity index (χ2v) is 8.74. The molecule has 2 rings (SSSR count). The zero-order chi connectivity index (χ0) is 24.6. The molecule has 178 valence electrons. The molecule has 0 aromatic heterocycles. The normalized spacial score (nSPS) is 11.0. The first-order chi connectivity index (χ1) is 15.5. The van der Waals surface area contributed by atoms with Crippen molar-refractivity contribution in [3.8, 4) is 0 Å². The number of hydrogen-bond acceptors (Lipinski definition) is 4. The standard InChI is InChI=1S/C24H29ClFN3O4/c1-5-29(23(32)33-24(2,3)4)15-16-8-6-7-9-20(16)28-21(30)12-13-27-22(31)18-11-10-17(26)14-19(18)25/h6-11,14H,5,12-13,15H2,1-4H3,(H,27,31)(H,28,30). The minimum absolute atomic E-state index is 0.00338. The highest BCUT2D eigenvalue weighted by molar-refractivity contribution is 6.33. The van der Waals surface area contributed by atoms with Gasteiger partial charge in [0.15, 0.2) is 0 Å².